The molecule has 0 saturated heterocycles. The van der Waals surface area contributed by atoms with Crippen molar-refractivity contribution in [3.63, 3.8) is 0 Å². The number of para-hydroxylation sites is 6. The summed E-state index contributed by atoms with van der Waals surface area (Å²) in [6.45, 7) is 0. The maximum Gasteiger partial charge on any atom is 0.135 e. The minimum absolute atomic E-state index is 0.806. The molecule has 70 heavy (non-hydrogen) atoms. The summed E-state index contributed by atoms with van der Waals surface area (Å²) in [6, 6.07) is 92.3. The van der Waals surface area contributed by atoms with Crippen molar-refractivity contribution >= 4 is 55.7 Å². The topological polar surface area (TPSA) is 32.8 Å². The maximum atomic E-state index is 7.99. The third-order valence-corrected chi connectivity index (χ3v) is 15.3. The fourth-order valence-electron chi connectivity index (χ4n) is 12.6. The van der Waals surface area contributed by atoms with E-state index in [-0.39, 0.29) is 0 Å². The smallest absolute Gasteiger partial charge is 0.135 e. The van der Waals surface area contributed by atoms with Crippen molar-refractivity contribution in [2.75, 3.05) is 9.80 Å². The van der Waals surface area contributed by atoms with Gasteiger partial charge < -0.3 is 18.6 Å². The molecule has 0 amide bonds. The molecule has 0 fully saturated rings. The second-order valence-electron chi connectivity index (χ2n) is 18.7. The van der Waals surface area contributed by atoms with Crippen LogP contribution in [-0.2, 0) is 10.8 Å². The van der Waals surface area contributed by atoms with Gasteiger partial charge >= 0.3 is 0 Å². The van der Waals surface area contributed by atoms with Crippen molar-refractivity contribution in [2.45, 2.75) is 10.8 Å². The van der Waals surface area contributed by atoms with E-state index in [1.54, 1.807) is 0 Å². The lowest BCUT2D eigenvalue weighted by Gasteiger charge is -2.52. The molecule has 1 aliphatic carbocycles. The first-order valence-electron chi connectivity index (χ1n) is 24.1. The van der Waals surface area contributed by atoms with Gasteiger partial charge in [-0.25, -0.2) is 0 Å². The molecule has 0 unspecified atom stereocenters. The van der Waals surface area contributed by atoms with E-state index in [4.69, 9.17) is 8.83 Å². The Morgan fingerprint density at radius 1 is 0.271 bits per heavy atom. The summed E-state index contributed by atoms with van der Waals surface area (Å²) in [7, 11) is 0. The van der Waals surface area contributed by atoms with Gasteiger partial charge in [-0.3, -0.25) is 0 Å². The van der Waals surface area contributed by atoms with Gasteiger partial charge in [0, 0.05) is 33.6 Å². The van der Waals surface area contributed by atoms with Crippen LogP contribution in [0.4, 0.5) is 34.1 Å². The van der Waals surface area contributed by atoms with E-state index in [0.717, 1.165) is 123 Å². The molecule has 0 radical (unpaired) electrons. The Labute approximate surface area is 405 Å². The lowest BCUT2D eigenvalue weighted by atomic mass is 9.53. The third kappa shape index (κ3) is 5.09. The first-order valence-corrected chi connectivity index (χ1v) is 24.1. The van der Waals surface area contributed by atoms with Crippen LogP contribution < -0.4 is 9.80 Å². The van der Waals surface area contributed by atoms with Crippen molar-refractivity contribution in [1.29, 1.82) is 0 Å². The second-order valence-corrected chi connectivity index (χ2v) is 18.7. The van der Waals surface area contributed by atoms with Gasteiger partial charge in [0.1, 0.15) is 33.9 Å². The Hall–Kier alpha value is -9.12. The quantitative estimate of drug-likeness (QED) is 0.176. The monoisotopic (exact) mass is 894 g/mol. The minimum atomic E-state index is -0.996. The molecule has 4 nitrogen and oxygen atoms in total. The summed E-state index contributed by atoms with van der Waals surface area (Å²) in [6.07, 6.45) is 0. The average Bonchev–Trinajstić information content (AvgIpc) is 4.09. The molecule has 0 N–H and O–H groups in total. The molecule has 15 rings (SSSR count). The summed E-state index contributed by atoms with van der Waals surface area (Å²) >= 11 is 0. The first-order chi connectivity index (χ1) is 34.7. The largest absolute Gasteiger partial charge is 0.459 e. The van der Waals surface area contributed by atoms with Crippen molar-refractivity contribution < 1.29 is 8.83 Å². The van der Waals surface area contributed by atoms with Crippen LogP contribution in [0.2, 0.25) is 0 Å². The highest BCUT2D eigenvalue weighted by atomic mass is 16.4. The zero-order valence-electron chi connectivity index (χ0n) is 38.0. The molecule has 0 bridgehead atoms. The van der Waals surface area contributed by atoms with E-state index in [1.807, 2.05) is 0 Å². The molecule has 2 spiro atoms. The molecule has 10 aromatic carbocycles. The molecule has 0 atom stereocenters. The summed E-state index contributed by atoms with van der Waals surface area (Å²) < 4.78 is 16.0. The molecule has 2 aliphatic heterocycles. The van der Waals surface area contributed by atoms with Crippen LogP contribution in [0.1, 0.15) is 44.9 Å². The van der Waals surface area contributed by atoms with Gasteiger partial charge in [0.25, 0.3) is 0 Å². The standard InChI is InChI=1S/C66H42N2O2/c1-3-25-45(26-4-1)67-57-37-15-11-33-51(57)65(52-34-12-16-38-58(52)67)55-41-61(49-31-19-23-43-21-7-9-29-47(43)49)70-64(55)66(56-42-62(69-63(56)65)50-32-20-24-44-22-8-10-30-48(44)50)53-35-13-17-39-59(53)68(46-27-5-2-6-28-46)60-40-18-14-36-54(60)66/h1-42H. The van der Waals surface area contributed by atoms with Crippen LogP contribution in [0, 0.1) is 0 Å². The zero-order chi connectivity index (χ0) is 46.0. The molecule has 328 valence electrons. The molecule has 3 aliphatic rings. The summed E-state index contributed by atoms with van der Waals surface area (Å²) in [5, 5.41) is 4.58. The Morgan fingerprint density at radius 2 is 0.586 bits per heavy atom. The Morgan fingerprint density at radius 3 is 0.971 bits per heavy atom. The van der Waals surface area contributed by atoms with Crippen molar-refractivity contribution in [2.24, 2.45) is 0 Å². The number of benzene rings is 10. The molecular weight excluding hydrogens is 853 g/mol. The number of fused-ring (bicyclic) bond motifs is 16. The normalized spacial score (nSPS) is 14.5. The fraction of sp³-hybridized carbons (Fsp3) is 0.0303. The molecule has 2 aromatic heterocycles. The SMILES string of the molecule is c1ccc(N2c3ccccc3C3(c4ccccc42)c2cc(-c4cccc5ccccc45)oc2C2(c4ccccc4N(c4ccccc4)c4ccccc42)c2cc(-c4cccc5ccccc45)oc23)cc1. The van der Waals surface area contributed by atoms with Crippen molar-refractivity contribution in [3.8, 4) is 22.6 Å². The van der Waals surface area contributed by atoms with Gasteiger partial charge in [0.2, 0.25) is 0 Å². The minimum Gasteiger partial charge on any atom is -0.459 e. The summed E-state index contributed by atoms with van der Waals surface area (Å²) in [5.74, 6) is 3.36. The van der Waals surface area contributed by atoms with Crippen LogP contribution >= 0.6 is 0 Å². The molecule has 0 saturated carbocycles. The number of nitrogens with zero attached hydrogens (tertiary/aromatic N) is 2. The molecule has 12 aromatic rings. The fourth-order valence-corrected chi connectivity index (χ4v) is 12.6. The van der Waals surface area contributed by atoms with Gasteiger partial charge in [-0.15, -0.1) is 0 Å². The number of hydrogen-bond acceptors (Lipinski definition) is 4. The van der Waals surface area contributed by atoms with Crippen LogP contribution in [0.5, 0.6) is 0 Å². The van der Waals surface area contributed by atoms with Crippen LogP contribution in [0.3, 0.4) is 0 Å². The number of rotatable bonds is 4. The van der Waals surface area contributed by atoms with E-state index < -0.39 is 10.8 Å². The first kappa shape index (κ1) is 38.9. The maximum absolute atomic E-state index is 7.99. The zero-order valence-corrected chi connectivity index (χ0v) is 38.0. The van der Waals surface area contributed by atoms with Crippen molar-refractivity contribution in [1.82, 2.24) is 0 Å². The summed E-state index contributed by atoms with van der Waals surface area (Å²) in [4.78, 5) is 4.84. The van der Waals surface area contributed by atoms with E-state index >= 15 is 0 Å². The van der Waals surface area contributed by atoms with E-state index in [2.05, 4.69) is 265 Å². The molecule has 4 heterocycles. The van der Waals surface area contributed by atoms with E-state index in [1.165, 1.54) is 0 Å². The lowest BCUT2D eigenvalue weighted by molar-refractivity contribution is 0.400. The molecule has 4 heteroatoms. The Kier molecular flexibility index (Phi) is 8.17. The number of furan rings is 2. The predicted octanol–water partition coefficient (Wildman–Crippen LogP) is 17.2. The third-order valence-electron chi connectivity index (χ3n) is 15.3. The van der Waals surface area contributed by atoms with Gasteiger partial charge in [0.15, 0.2) is 0 Å². The number of hydrogen-bond donors (Lipinski definition) is 0. The lowest BCUT2D eigenvalue weighted by Crippen LogP contribution is -2.48. The summed E-state index contributed by atoms with van der Waals surface area (Å²) in [5.41, 5.74) is 13.1. The van der Waals surface area contributed by atoms with E-state index in [9.17, 15) is 0 Å². The Balaban J connectivity index is 1.15. The number of anilines is 6. The van der Waals surface area contributed by atoms with Crippen LogP contribution in [-0.4, -0.2) is 0 Å². The predicted molar refractivity (Wildman–Crippen MR) is 284 cm³/mol. The Bertz CT molecular complexity index is 3630. The highest BCUT2D eigenvalue weighted by Crippen LogP contribution is 2.69. The average molecular weight is 895 g/mol. The van der Waals surface area contributed by atoms with Gasteiger partial charge in [-0.2, -0.15) is 0 Å². The van der Waals surface area contributed by atoms with Crippen molar-refractivity contribution in [3.05, 3.63) is 300 Å². The van der Waals surface area contributed by atoms with Gasteiger partial charge in [-0.05, 0) is 104 Å². The van der Waals surface area contributed by atoms with Crippen LogP contribution in [0.15, 0.2) is 264 Å². The van der Waals surface area contributed by atoms with Gasteiger partial charge in [0.05, 0.1) is 22.7 Å². The second kappa shape index (κ2) is 14.7. The molecular formula is C66H42N2O2. The van der Waals surface area contributed by atoms with E-state index in [0.29, 0.717) is 0 Å². The van der Waals surface area contributed by atoms with Crippen LogP contribution in [0.25, 0.3) is 44.2 Å². The van der Waals surface area contributed by atoms with Gasteiger partial charge in [-0.1, -0.05) is 194 Å². The highest BCUT2D eigenvalue weighted by Gasteiger charge is 2.63. The highest BCUT2D eigenvalue weighted by molar-refractivity contribution is 6.00.